The molecule has 5 rings (SSSR count). The van der Waals surface area contributed by atoms with Gasteiger partial charge < -0.3 is 9.80 Å². The number of aromatic amines is 1. The highest BCUT2D eigenvalue weighted by molar-refractivity contribution is 5.81. The summed E-state index contributed by atoms with van der Waals surface area (Å²) < 4.78 is 2.74. The second-order valence-electron chi connectivity index (χ2n) is 7.47. The van der Waals surface area contributed by atoms with E-state index in [1.165, 1.54) is 0 Å². The highest BCUT2D eigenvalue weighted by Gasteiger charge is 2.25. The van der Waals surface area contributed by atoms with Crippen molar-refractivity contribution in [3.8, 4) is 5.69 Å². The number of carbonyl (C=O) groups is 1. The number of hydrogen-bond acceptors (Lipinski definition) is 7. The molecule has 11 heteroatoms. The Morgan fingerprint density at radius 1 is 0.906 bits per heavy atom. The molecule has 32 heavy (non-hydrogen) atoms. The lowest BCUT2D eigenvalue weighted by Crippen LogP contribution is -2.51. The van der Waals surface area contributed by atoms with Gasteiger partial charge in [-0.15, -0.1) is 0 Å². The molecule has 162 valence electrons. The molecule has 0 atom stereocenters. The third-order valence-electron chi connectivity index (χ3n) is 5.55. The van der Waals surface area contributed by atoms with Crippen LogP contribution >= 0.6 is 0 Å². The molecule has 0 spiro atoms. The Bertz CT molecular complexity index is 1380. The van der Waals surface area contributed by atoms with E-state index in [9.17, 15) is 14.4 Å². The standard InChI is InChI=1S/C21H20N8O3/c30-18(14-28-20(32)17-9-5-4-8-16(17)19(31)23-28)26-10-12-27(13-11-26)21-22-24-25-29(21)15-6-2-1-3-7-15/h1-9H,10-14H2,(H,23,31). The Hall–Kier alpha value is -4.28. The first-order chi connectivity index (χ1) is 15.6. The number of benzene rings is 2. The maximum atomic E-state index is 12.8. The first-order valence-corrected chi connectivity index (χ1v) is 10.2. The molecular weight excluding hydrogens is 412 g/mol. The van der Waals surface area contributed by atoms with E-state index in [4.69, 9.17) is 0 Å². The van der Waals surface area contributed by atoms with E-state index in [0.29, 0.717) is 42.9 Å². The molecule has 0 unspecified atom stereocenters. The predicted molar refractivity (Wildman–Crippen MR) is 117 cm³/mol. The molecule has 0 aliphatic carbocycles. The van der Waals surface area contributed by atoms with E-state index in [2.05, 4.69) is 20.6 Å². The van der Waals surface area contributed by atoms with Gasteiger partial charge in [0.05, 0.1) is 16.5 Å². The molecule has 1 aliphatic rings. The van der Waals surface area contributed by atoms with Gasteiger partial charge in [0.15, 0.2) is 0 Å². The van der Waals surface area contributed by atoms with E-state index in [0.717, 1.165) is 10.4 Å². The van der Waals surface area contributed by atoms with Crippen LogP contribution < -0.4 is 16.0 Å². The van der Waals surface area contributed by atoms with Gasteiger partial charge in [-0.1, -0.05) is 35.4 Å². The SMILES string of the molecule is O=C(Cn1[nH]c(=O)c2ccccc2c1=O)N1CCN(c2nnnn2-c2ccccc2)CC1. The zero-order chi connectivity index (χ0) is 22.1. The topological polar surface area (TPSA) is 122 Å². The van der Waals surface area contributed by atoms with E-state index >= 15 is 0 Å². The predicted octanol–water partition coefficient (Wildman–Crippen LogP) is 0.0143. The number of nitrogens with zero attached hydrogens (tertiary/aromatic N) is 7. The molecule has 2 aromatic carbocycles. The fourth-order valence-corrected chi connectivity index (χ4v) is 3.86. The van der Waals surface area contributed by atoms with Crippen molar-refractivity contribution in [3.05, 3.63) is 75.3 Å². The first-order valence-electron chi connectivity index (χ1n) is 10.2. The number of nitrogens with one attached hydrogen (secondary N) is 1. The number of hydrogen-bond donors (Lipinski definition) is 1. The summed E-state index contributed by atoms with van der Waals surface area (Å²) >= 11 is 0. The van der Waals surface area contributed by atoms with E-state index < -0.39 is 11.1 Å². The molecule has 1 saturated heterocycles. The lowest BCUT2D eigenvalue weighted by molar-refractivity contribution is -0.132. The minimum absolute atomic E-state index is 0.222. The van der Waals surface area contributed by atoms with Crippen molar-refractivity contribution in [3.63, 3.8) is 0 Å². The van der Waals surface area contributed by atoms with Crippen molar-refractivity contribution < 1.29 is 4.79 Å². The van der Waals surface area contributed by atoms with Crippen molar-refractivity contribution in [1.82, 2.24) is 34.9 Å². The Balaban J connectivity index is 1.29. The van der Waals surface area contributed by atoms with Gasteiger partial charge in [-0.25, -0.2) is 4.68 Å². The zero-order valence-corrected chi connectivity index (χ0v) is 17.1. The van der Waals surface area contributed by atoms with Crippen LogP contribution in [-0.4, -0.2) is 67.0 Å². The highest BCUT2D eigenvalue weighted by atomic mass is 16.2. The quantitative estimate of drug-likeness (QED) is 0.482. The van der Waals surface area contributed by atoms with Gasteiger partial charge in [-0.2, -0.15) is 4.68 Å². The van der Waals surface area contributed by atoms with Crippen LogP contribution in [0.25, 0.3) is 16.5 Å². The van der Waals surface area contributed by atoms with Crippen LogP contribution in [0, 0.1) is 0 Å². The maximum Gasteiger partial charge on any atom is 0.273 e. The lowest BCUT2D eigenvalue weighted by Gasteiger charge is -2.34. The largest absolute Gasteiger partial charge is 0.338 e. The minimum Gasteiger partial charge on any atom is -0.338 e. The van der Waals surface area contributed by atoms with Crippen LogP contribution in [0.1, 0.15) is 0 Å². The van der Waals surface area contributed by atoms with Gasteiger partial charge >= 0.3 is 0 Å². The summed E-state index contributed by atoms with van der Waals surface area (Å²) in [6.45, 7) is 1.77. The molecule has 3 heterocycles. The van der Waals surface area contributed by atoms with Crippen molar-refractivity contribution >= 4 is 22.6 Å². The summed E-state index contributed by atoms with van der Waals surface area (Å²) in [6.07, 6.45) is 0. The fourth-order valence-electron chi connectivity index (χ4n) is 3.86. The molecule has 0 saturated carbocycles. The number of carbonyl (C=O) groups excluding carboxylic acids is 1. The number of rotatable bonds is 4. The van der Waals surface area contributed by atoms with Crippen LogP contribution in [0.2, 0.25) is 0 Å². The van der Waals surface area contributed by atoms with E-state index in [1.807, 2.05) is 35.2 Å². The molecule has 4 aromatic rings. The molecule has 2 aromatic heterocycles. The summed E-state index contributed by atoms with van der Waals surface area (Å²) in [7, 11) is 0. The molecule has 1 amide bonds. The summed E-state index contributed by atoms with van der Waals surface area (Å²) in [5.41, 5.74) is 0.0606. The van der Waals surface area contributed by atoms with Gasteiger partial charge in [-0.05, 0) is 34.7 Å². The van der Waals surface area contributed by atoms with Crippen LogP contribution in [0.4, 0.5) is 5.95 Å². The van der Waals surface area contributed by atoms with Gasteiger partial charge in [0, 0.05) is 26.2 Å². The molecule has 0 bridgehead atoms. The van der Waals surface area contributed by atoms with Crippen molar-refractivity contribution in [2.45, 2.75) is 6.54 Å². The number of anilines is 1. The third-order valence-corrected chi connectivity index (χ3v) is 5.55. The lowest BCUT2D eigenvalue weighted by atomic mass is 10.2. The Morgan fingerprint density at radius 3 is 2.34 bits per heavy atom. The fraction of sp³-hybridized carbons (Fsp3) is 0.238. The minimum atomic E-state index is -0.398. The van der Waals surface area contributed by atoms with Gasteiger partial charge in [-0.3, -0.25) is 19.5 Å². The Labute approximate surface area is 181 Å². The number of amides is 1. The average molecular weight is 432 g/mol. The number of aromatic nitrogens is 6. The average Bonchev–Trinajstić information content (AvgIpc) is 3.33. The molecule has 1 N–H and O–H groups in total. The smallest absolute Gasteiger partial charge is 0.273 e. The summed E-state index contributed by atoms with van der Waals surface area (Å²) in [6, 6.07) is 16.1. The highest BCUT2D eigenvalue weighted by Crippen LogP contribution is 2.17. The van der Waals surface area contributed by atoms with Gasteiger partial charge in [0.2, 0.25) is 11.9 Å². The van der Waals surface area contributed by atoms with Gasteiger partial charge in [0.1, 0.15) is 6.54 Å². The summed E-state index contributed by atoms with van der Waals surface area (Å²) in [4.78, 5) is 41.4. The number of H-pyrrole nitrogens is 1. The number of fused-ring (bicyclic) bond motifs is 1. The third kappa shape index (κ3) is 3.53. The Kier molecular flexibility index (Phi) is 4.98. The van der Waals surface area contributed by atoms with E-state index in [1.54, 1.807) is 33.8 Å². The second-order valence-corrected chi connectivity index (χ2v) is 7.47. The maximum absolute atomic E-state index is 12.8. The molecular formula is C21H20N8O3. The number of tetrazole rings is 1. The number of para-hydroxylation sites is 1. The summed E-state index contributed by atoms with van der Waals surface area (Å²) in [5, 5.41) is 15.1. The number of piperazine rings is 1. The van der Waals surface area contributed by atoms with Crippen LogP contribution in [-0.2, 0) is 11.3 Å². The second kappa shape index (κ2) is 8.10. The Morgan fingerprint density at radius 2 is 1.59 bits per heavy atom. The van der Waals surface area contributed by atoms with E-state index in [-0.39, 0.29) is 12.5 Å². The molecule has 1 fully saturated rings. The van der Waals surface area contributed by atoms with Crippen molar-refractivity contribution in [1.29, 1.82) is 0 Å². The normalized spacial score (nSPS) is 14.1. The van der Waals surface area contributed by atoms with Crippen LogP contribution in [0.5, 0.6) is 0 Å². The van der Waals surface area contributed by atoms with Crippen LogP contribution in [0.3, 0.4) is 0 Å². The van der Waals surface area contributed by atoms with Crippen molar-refractivity contribution in [2.75, 3.05) is 31.1 Å². The first kappa shape index (κ1) is 19.7. The molecule has 11 nitrogen and oxygen atoms in total. The summed E-state index contributed by atoms with van der Waals surface area (Å²) in [5.74, 6) is 0.374. The van der Waals surface area contributed by atoms with Gasteiger partial charge in [0.25, 0.3) is 11.1 Å². The van der Waals surface area contributed by atoms with Crippen LogP contribution in [0.15, 0.2) is 64.2 Å². The zero-order valence-electron chi connectivity index (χ0n) is 17.1. The monoisotopic (exact) mass is 432 g/mol. The van der Waals surface area contributed by atoms with Crippen molar-refractivity contribution in [2.24, 2.45) is 0 Å². The molecule has 1 aliphatic heterocycles. The molecule has 0 radical (unpaired) electrons.